The van der Waals surface area contributed by atoms with Crippen molar-refractivity contribution in [3.8, 4) is 0 Å². The van der Waals surface area contributed by atoms with E-state index in [1.807, 2.05) is 0 Å². The predicted octanol–water partition coefficient (Wildman–Crippen LogP) is 3.12. The molecule has 7 heteroatoms. The van der Waals surface area contributed by atoms with Crippen molar-refractivity contribution in [2.75, 3.05) is 13.1 Å². The number of ether oxygens (including phenoxy) is 1. The van der Waals surface area contributed by atoms with Crippen LogP contribution in [0.4, 0.5) is 4.79 Å². The maximum atomic E-state index is 11.8. The number of aliphatic hydroxyl groups is 1. The average Bonchev–Trinajstić information content (AvgIpc) is 2.14. The highest BCUT2D eigenvalue weighted by Gasteiger charge is 2.49. The van der Waals surface area contributed by atoms with E-state index >= 15 is 0 Å². The molecule has 0 aromatic carbocycles. The number of halogens is 3. The zero-order valence-electron chi connectivity index (χ0n) is 10.7. The topological polar surface area (TPSA) is 49.8 Å². The summed E-state index contributed by atoms with van der Waals surface area (Å²) in [5.74, 6) is 0. The summed E-state index contributed by atoms with van der Waals surface area (Å²) in [5.41, 5.74) is -1.93. The fourth-order valence-electron chi connectivity index (χ4n) is 1.67. The lowest BCUT2D eigenvalue weighted by Gasteiger charge is -2.42. The third-order valence-corrected chi connectivity index (χ3v) is 3.83. The molecule has 0 aliphatic carbocycles. The van der Waals surface area contributed by atoms with Gasteiger partial charge in [0.15, 0.2) is 0 Å². The molecule has 0 radical (unpaired) electrons. The molecule has 1 N–H and O–H groups in total. The Bertz CT molecular complexity index is 314. The molecule has 18 heavy (non-hydrogen) atoms. The van der Waals surface area contributed by atoms with Crippen molar-refractivity contribution >= 4 is 40.9 Å². The number of amides is 1. The largest absolute Gasteiger partial charge is 0.444 e. The molecule has 1 saturated heterocycles. The predicted molar refractivity (Wildman–Crippen MR) is 72.3 cm³/mol. The van der Waals surface area contributed by atoms with Crippen molar-refractivity contribution in [3.63, 3.8) is 0 Å². The van der Waals surface area contributed by atoms with Gasteiger partial charge in [-0.15, -0.1) is 0 Å². The Labute approximate surface area is 122 Å². The zero-order valence-corrected chi connectivity index (χ0v) is 12.9. The minimum atomic E-state index is -1.74. The van der Waals surface area contributed by atoms with Crippen LogP contribution >= 0.6 is 34.8 Å². The zero-order chi connectivity index (χ0) is 14.2. The Hall–Kier alpha value is 0.1000. The van der Waals surface area contributed by atoms with E-state index < -0.39 is 21.1 Å². The van der Waals surface area contributed by atoms with E-state index in [0.717, 1.165) is 0 Å². The molecule has 1 heterocycles. The Morgan fingerprint density at radius 1 is 1.22 bits per heavy atom. The van der Waals surface area contributed by atoms with Crippen molar-refractivity contribution in [1.82, 2.24) is 4.90 Å². The number of likely N-dealkylation sites (tertiary alicyclic amines) is 1. The lowest BCUT2D eigenvalue weighted by molar-refractivity contribution is -0.0297. The minimum Gasteiger partial charge on any atom is -0.444 e. The number of piperidine rings is 1. The second kappa shape index (κ2) is 5.23. The molecule has 0 saturated carbocycles. The third-order valence-electron chi connectivity index (χ3n) is 2.77. The maximum Gasteiger partial charge on any atom is 0.410 e. The standard InChI is InChI=1S/C11H18Cl3NO3/c1-9(2,3)18-8(16)15-6-4-10(17,5-7-15)11(12,13)14/h17H,4-7H2,1-3H3. The first-order valence-corrected chi connectivity index (χ1v) is 6.85. The molecule has 1 aliphatic heterocycles. The Morgan fingerprint density at radius 3 is 2.00 bits per heavy atom. The van der Waals surface area contributed by atoms with Crippen LogP contribution in [0.3, 0.4) is 0 Å². The summed E-state index contributed by atoms with van der Waals surface area (Å²) in [6.07, 6.45) is 0.0137. The van der Waals surface area contributed by atoms with Gasteiger partial charge in [-0.1, -0.05) is 34.8 Å². The van der Waals surface area contributed by atoms with Gasteiger partial charge in [0.2, 0.25) is 3.79 Å². The number of rotatable bonds is 0. The first kappa shape index (κ1) is 16.2. The van der Waals surface area contributed by atoms with E-state index in [1.165, 1.54) is 4.90 Å². The monoisotopic (exact) mass is 317 g/mol. The molecule has 1 fully saturated rings. The van der Waals surface area contributed by atoms with Crippen molar-refractivity contribution < 1.29 is 14.6 Å². The normalized spacial score (nSPS) is 20.7. The van der Waals surface area contributed by atoms with Gasteiger partial charge in [0, 0.05) is 13.1 Å². The molecule has 1 aliphatic rings. The molecule has 0 spiro atoms. The summed E-state index contributed by atoms with van der Waals surface area (Å²) >= 11 is 17.2. The van der Waals surface area contributed by atoms with Gasteiger partial charge >= 0.3 is 6.09 Å². The van der Waals surface area contributed by atoms with Gasteiger partial charge in [0.1, 0.15) is 11.2 Å². The Morgan fingerprint density at radius 2 is 1.67 bits per heavy atom. The van der Waals surface area contributed by atoms with Gasteiger partial charge in [-0.05, 0) is 33.6 Å². The van der Waals surface area contributed by atoms with Gasteiger partial charge in [-0.3, -0.25) is 0 Å². The molecule has 0 aromatic heterocycles. The highest BCUT2D eigenvalue weighted by molar-refractivity contribution is 6.68. The molecule has 0 atom stereocenters. The van der Waals surface area contributed by atoms with Crippen molar-refractivity contribution in [3.05, 3.63) is 0 Å². The van der Waals surface area contributed by atoms with Crippen LogP contribution in [0.15, 0.2) is 0 Å². The molecule has 1 amide bonds. The van der Waals surface area contributed by atoms with Gasteiger partial charge in [0.05, 0.1) is 0 Å². The molecule has 106 valence electrons. The number of hydrogen-bond donors (Lipinski definition) is 1. The van der Waals surface area contributed by atoms with E-state index in [1.54, 1.807) is 20.8 Å². The van der Waals surface area contributed by atoms with Crippen LogP contribution in [-0.2, 0) is 4.74 Å². The molecule has 4 nitrogen and oxygen atoms in total. The average molecular weight is 319 g/mol. The van der Waals surface area contributed by atoms with Crippen LogP contribution in [-0.4, -0.2) is 44.2 Å². The second-order valence-corrected chi connectivity index (χ2v) is 7.78. The number of carbonyl (C=O) groups excluding carboxylic acids is 1. The van der Waals surface area contributed by atoms with Crippen LogP contribution in [0.5, 0.6) is 0 Å². The highest BCUT2D eigenvalue weighted by Crippen LogP contribution is 2.44. The summed E-state index contributed by atoms with van der Waals surface area (Å²) in [6.45, 7) is 6.00. The van der Waals surface area contributed by atoms with E-state index in [9.17, 15) is 9.90 Å². The van der Waals surface area contributed by atoms with Gasteiger partial charge in [-0.2, -0.15) is 0 Å². The van der Waals surface area contributed by atoms with Crippen molar-refractivity contribution in [2.45, 2.75) is 48.6 Å². The molecular formula is C11H18Cl3NO3. The summed E-state index contributed by atoms with van der Waals surface area (Å²) < 4.78 is 3.49. The first-order chi connectivity index (χ1) is 7.95. The quantitative estimate of drug-likeness (QED) is 0.698. The summed E-state index contributed by atoms with van der Waals surface area (Å²) in [5, 5.41) is 10.2. The van der Waals surface area contributed by atoms with Crippen molar-refractivity contribution in [1.29, 1.82) is 0 Å². The SMILES string of the molecule is CC(C)(C)OC(=O)N1CCC(O)(C(Cl)(Cl)Cl)CC1. The van der Waals surface area contributed by atoms with E-state index in [4.69, 9.17) is 39.5 Å². The molecule has 0 bridgehead atoms. The fraction of sp³-hybridized carbons (Fsp3) is 0.909. The molecule has 1 rings (SSSR count). The Kier molecular flexibility index (Phi) is 4.70. The summed E-state index contributed by atoms with van der Waals surface area (Å²) in [7, 11) is 0. The lowest BCUT2D eigenvalue weighted by Crippen LogP contribution is -2.53. The second-order valence-electron chi connectivity index (χ2n) is 5.50. The molecule has 0 aromatic rings. The van der Waals surface area contributed by atoms with E-state index in [-0.39, 0.29) is 12.8 Å². The number of carbonyl (C=O) groups is 1. The van der Waals surface area contributed by atoms with Crippen LogP contribution in [0.2, 0.25) is 0 Å². The molecular weight excluding hydrogens is 300 g/mol. The van der Waals surface area contributed by atoms with Gasteiger partial charge in [0.25, 0.3) is 0 Å². The van der Waals surface area contributed by atoms with Gasteiger partial charge < -0.3 is 14.7 Å². The summed E-state index contributed by atoms with van der Waals surface area (Å²) in [6, 6.07) is 0. The van der Waals surface area contributed by atoms with Crippen LogP contribution in [0.25, 0.3) is 0 Å². The maximum absolute atomic E-state index is 11.8. The van der Waals surface area contributed by atoms with Crippen LogP contribution in [0, 0.1) is 0 Å². The summed E-state index contributed by atoms with van der Waals surface area (Å²) in [4.78, 5) is 13.3. The minimum absolute atomic E-state index is 0.211. The Balaban J connectivity index is 2.57. The highest BCUT2D eigenvalue weighted by atomic mass is 35.6. The number of alkyl halides is 3. The number of hydrogen-bond acceptors (Lipinski definition) is 3. The van der Waals surface area contributed by atoms with Gasteiger partial charge in [-0.25, -0.2) is 4.79 Å². The van der Waals surface area contributed by atoms with Crippen LogP contribution in [0.1, 0.15) is 33.6 Å². The van der Waals surface area contributed by atoms with Crippen LogP contribution < -0.4 is 0 Å². The first-order valence-electron chi connectivity index (χ1n) is 5.72. The fourth-order valence-corrected chi connectivity index (χ4v) is 2.24. The van der Waals surface area contributed by atoms with Crippen molar-refractivity contribution in [2.24, 2.45) is 0 Å². The lowest BCUT2D eigenvalue weighted by atomic mass is 9.93. The third kappa shape index (κ3) is 4.05. The molecule has 0 unspecified atom stereocenters. The number of nitrogens with zero attached hydrogens (tertiary/aromatic N) is 1. The van der Waals surface area contributed by atoms with E-state index in [2.05, 4.69) is 0 Å². The van der Waals surface area contributed by atoms with E-state index in [0.29, 0.717) is 13.1 Å². The smallest absolute Gasteiger partial charge is 0.410 e.